The number of carbonyl (C=O) groups excluding carboxylic acids is 1. The zero-order valence-corrected chi connectivity index (χ0v) is 7.54. The number of nitrogens with one attached hydrogen (secondary N) is 2. The molecule has 0 unspecified atom stereocenters. The summed E-state index contributed by atoms with van der Waals surface area (Å²) in [5.41, 5.74) is 5.06. The highest BCUT2D eigenvalue weighted by atomic mass is 35.5. The van der Waals surface area contributed by atoms with E-state index in [2.05, 4.69) is 10.6 Å². The van der Waals surface area contributed by atoms with Crippen molar-refractivity contribution in [2.45, 2.75) is 6.42 Å². The van der Waals surface area contributed by atoms with E-state index in [1.807, 2.05) is 7.05 Å². The quantitative estimate of drug-likeness (QED) is 0.482. The van der Waals surface area contributed by atoms with Crippen molar-refractivity contribution in [3.63, 3.8) is 0 Å². The van der Waals surface area contributed by atoms with Gasteiger partial charge in [-0.05, 0) is 20.0 Å². The van der Waals surface area contributed by atoms with Gasteiger partial charge in [0, 0.05) is 6.54 Å². The summed E-state index contributed by atoms with van der Waals surface area (Å²) in [6, 6.07) is 0. The normalized spacial score (nSPS) is 8.55. The third-order valence-electron chi connectivity index (χ3n) is 1.11. The highest BCUT2D eigenvalue weighted by Gasteiger charge is 1.93. The van der Waals surface area contributed by atoms with E-state index in [1.54, 1.807) is 0 Å². The van der Waals surface area contributed by atoms with Crippen LogP contribution in [-0.2, 0) is 4.79 Å². The summed E-state index contributed by atoms with van der Waals surface area (Å²) >= 11 is 0. The molecule has 0 aliphatic rings. The maximum Gasteiger partial charge on any atom is 0.233 e. The van der Waals surface area contributed by atoms with Crippen LogP contribution in [-0.4, -0.2) is 32.6 Å². The van der Waals surface area contributed by atoms with Crippen molar-refractivity contribution in [2.75, 3.05) is 26.7 Å². The minimum atomic E-state index is -0.0869. The molecule has 0 radical (unpaired) electrons. The minimum Gasteiger partial charge on any atom is -0.355 e. The number of carbonyl (C=O) groups is 1. The van der Waals surface area contributed by atoms with Crippen LogP contribution in [0.3, 0.4) is 0 Å². The molecule has 1 amide bonds. The van der Waals surface area contributed by atoms with Crippen molar-refractivity contribution < 1.29 is 4.79 Å². The second kappa shape index (κ2) is 9.68. The lowest BCUT2D eigenvalue weighted by atomic mass is 10.4. The molecule has 0 saturated heterocycles. The molecule has 0 heterocycles. The van der Waals surface area contributed by atoms with Gasteiger partial charge < -0.3 is 16.4 Å². The van der Waals surface area contributed by atoms with E-state index in [0.29, 0.717) is 6.54 Å². The van der Waals surface area contributed by atoms with Crippen molar-refractivity contribution in [1.82, 2.24) is 10.6 Å². The summed E-state index contributed by atoms with van der Waals surface area (Å²) in [6.07, 6.45) is 0.947. The monoisotopic (exact) mass is 181 g/mol. The first-order chi connectivity index (χ1) is 4.81. The number of nitrogens with two attached hydrogens (primary N) is 1. The number of hydrogen-bond donors (Lipinski definition) is 3. The van der Waals surface area contributed by atoms with E-state index in [1.165, 1.54) is 0 Å². The Morgan fingerprint density at radius 1 is 1.45 bits per heavy atom. The Morgan fingerprint density at radius 2 is 2.09 bits per heavy atom. The third-order valence-corrected chi connectivity index (χ3v) is 1.11. The first kappa shape index (κ1) is 13.3. The number of halogens is 1. The summed E-state index contributed by atoms with van der Waals surface area (Å²) in [5.74, 6) is -0.0869. The van der Waals surface area contributed by atoms with Gasteiger partial charge in [-0.2, -0.15) is 0 Å². The maximum absolute atomic E-state index is 10.5. The van der Waals surface area contributed by atoms with Crippen LogP contribution in [0.5, 0.6) is 0 Å². The molecular weight excluding hydrogens is 166 g/mol. The molecule has 4 N–H and O–H groups in total. The second-order valence-electron chi connectivity index (χ2n) is 2.01. The lowest BCUT2D eigenvalue weighted by molar-refractivity contribution is -0.119. The Hall–Kier alpha value is -0.320. The fraction of sp³-hybridized carbons (Fsp3) is 0.833. The first-order valence-electron chi connectivity index (χ1n) is 3.42. The summed E-state index contributed by atoms with van der Waals surface area (Å²) in [7, 11) is 1.88. The molecule has 0 aliphatic heterocycles. The van der Waals surface area contributed by atoms with Gasteiger partial charge in [0.05, 0.1) is 6.54 Å². The van der Waals surface area contributed by atoms with Crippen LogP contribution in [0.15, 0.2) is 0 Å². The molecule has 0 atom stereocenters. The first-order valence-corrected chi connectivity index (χ1v) is 3.42. The highest BCUT2D eigenvalue weighted by molar-refractivity contribution is 5.85. The predicted molar refractivity (Wildman–Crippen MR) is 47.9 cm³/mol. The van der Waals surface area contributed by atoms with E-state index >= 15 is 0 Å². The van der Waals surface area contributed by atoms with E-state index in [9.17, 15) is 4.79 Å². The van der Waals surface area contributed by atoms with Gasteiger partial charge in [-0.25, -0.2) is 0 Å². The molecule has 0 bridgehead atoms. The molecule has 0 aromatic heterocycles. The van der Waals surface area contributed by atoms with Gasteiger partial charge in [0.1, 0.15) is 0 Å². The van der Waals surface area contributed by atoms with E-state index in [0.717, 1.165) is 13.0 Å². The zero-order chi connectivity index (χ0) is 7.82. The van der Waals surface area contributed by atoms with Crippen molar-refractivity contribution in [1.29, 1.82) is 0 Å². The predicted octanol–water partition coefficient (Wildman–Crippen LogP) is -0.907. The molecule has 0 fully saturated rings. The fourth-order valence-electron chi connectivity index (χ4n) is 0.565. The molecule has 0 aliphatic carbocycles. The van der Waals surface area contributed by atoms with Crippen molar-refractivity contribution >= 4 is 18.3 Å². The summed E-state index contributed by atoms with van der Waals surface area (Å²) in [4.78, 5) is 10.5. The largest absolute Gasteiger partial charge is 0.355 e. The van der Waals surface area contributed by atoms with Gasteiger partial charge in [0.2, 0.25) is 5.91 Å². The second-order valence-corrected chi connectivity index (χ2v) is 2.01. The van der Waals surface area contributed by atoms with E-state index in [4.69, 9.17) is 5.73 Å². The van der Waals surface area contributed by atoms with Gasteiger partial charge in [0.15, 0.2) is 0 Å². The zero-order valence-electron chi connectivity index (χ0n) is 6.72. The minimum absolute atomic E-state index is 0. The van der Waals surface area contributed by atoms with Crippen LogP contribution in [0.25, 0.3) is 0 Å². The van der Waals surface area contributed by atoms with Crippen LogP contribution in [0, 0.1) is 0 Å². The molecular formula is C6H16ClN3O. The highest BCUT2D eigenvalue weighted by Crippen LogP contribution is 1.70. The lowest BCUT2D eigenvalue weighted by Crippen LogP contribution is -2.32. The number of rotatable bonds is 5. The maximum atomic E-state index is 10.5. The molecule has 0 rings (SSSR count). The topological polar surface area (TPSA) is 67.1 Å². The van der Waals surface area contributed by atoms with Crippen molar-refractivity contribution in [3.8, 4) is 0 Å². The smallest absolute Gasteiger partial charge is 0.233 e. The Bertz CT molecular complexity index is 99.8. The van der Waals surface area contributed by atoms with Gasteiger partial charge in [-0.1, -0.05) is 0 Å². The van der Waals surface area contributed by atoms with Crippen molar-refractivity contribution in [3.05, 3.63) is 0 Å². The van der Waals surface area contributed by atoms with Crippen molar-refractivity contribution in [2.24, 2.45) is 5.73 Å². The Morgan fingerprint density at radius 3 is 2.55 bits per heavy atom. The SMILES string of the molecule is CNCCCNC(=O)CN.Cl. The van der Waals surface area contributed by atoms with Gasteiger partial charge in [-0.3, -0.25) is 4.79 Å². The molecule has 0 aromatic rings. The van der Waals surface area contributed by atoms with E-state index in [-0.39, 0.29) is 24.9 Å². The fourth-order valence-corrected chi connectivity index (χ4v) is 0.565. The van der Waals surface area contributed by atoms with Crippen LogP contribution in [0.1, 0.15) is 6.42 Å². The Balaban J connectivity index is 0. The molecule has 0 saturated carbocycles. The summed E-state index contributed by atoms with van der Waals surface area (Å²) in [5, 5.41) is 5.64. The molecule has 4 nitrogen and oxygen atoms in total. The Labute approximate surface area is 73.3 Å². The van der Waals surface area contributed by atoms with Crippen LogP contribution in [0.2, 0.25) is 0 Å². The van der Waals surface area contributed by atoms with Gasteiger partial charge in [-0.15, -0.1) is 12.4 Å². The van der Waals surface area contributed by atoms with Crippen LogP contribution in [0.4, 0.5) is 0 Å². The molecule has 5 heteroatoms. The molecule has 11 heavy (non-hydrogen) atoms. The molecule has 68 valence electrons. The number of amides is 1. The van der Waals surface area contributed by atoms with Crippen LogP contribution < -0.4 is 16.4 Å². The molecule has 0 spiro atoms. The summed E-state index contributed by atoms with van der Waals surface area (Å²) < 4.78 is 0. The molecule has 0 aromatic carbocycles. The average molecular weight is 182 g/mol. The standard InChI is InChI=1S/C6H15N3O.ClH/c1-8-3-2-4-9-6(10)5-7;/h8H,2-5,7H2,1H3,(H,9,10);1H. The van der Waals surface area contributed by atoms with Crippen LogP contribution >= 0.6 is 12.4 Å². The lowest BCUT2D eigenvalue weighted by Gasteiger charge is -2.01. The van der Waals surface area contributed by atoms with Gasteiger partial charge >= 0.3 is 0 Å². The van der Waals surface area contributed by atoms with Gasteiger partial charge in [0.25, 0.3) is 0 Å². The third kappa shape index (κ3) is 9.68. The number of hydrogen-bond acceptors (Lipinski definition) is 3. The van der Waals surface area contributed by atoms with E-state index < -0.39 is 0 Å². The summed E-state index contributed by atoms with van der Waals surface area (Å²) in [6.45, 7) is 1.71. The average Bonchev–Trinajstić information content (AvgIpc) is 1.98. The Kier molecular flexibility index (Phi) is 11.7.